The van der Waals surface area contributed by atoms with Gasteiger partial charge in [-0.15, -0.1) is 12.3 Å². The molecule has 0 unspecified atom stereocenters. The molecule has 0 heterocycles. The Labute approximate surface area is 93.0 Å². The minimum atomic E-state index is 0.130. The third-order valence-electron chi connectivity index (χ3n) is 2.03. The summed E-state index contributed by atoms with van der Waals surface area (Å²) in [5.41, 5.74) is 0. The number of carbonyl (C=O) groups is 1. The number of terminal acetylenes is 1. The first-order chi connectivity index (χ1) is 7.31. The van der Waals surface area contributed by atoms with Crippen LogP contribution in [0.2, 0.25) is 0 Å². The van der Waals surface area contributed by atoms with Crippen LogP contribution < -0.4 is 10.6 Å². The summed E-state index contributed by atoms with van der Waals surface area (Å²) in [6.45, 7) is 4.70. The van der Waals surface area contributed by atoms with Crippen LogP contribution in [0.3, 0.4) is 0 Å². The topological polar surface area (TPSA) is 41.1 Å². The van der Waals surface area contributed by atoms with Crippen molar-refractivity contribution < 1.29 is 4.79 Å². The number of unbranched alkanes of at least 4 members (excludes halogenated alkanes) is 2. The Morgan fingerprint density at radius 3 is 2.73 bits per heavy atom. The van der Waals surface area contributed by atoms with E-state index < -0.39 is 0 Å². The monoisotopic (exact) mass is 210 g/mol. The maximum Gasteiger partial charge on any atom is 0.220 e. The van der Waals surface area contributed by atoms with E-state index in [0.717, 1.165) is 38.8 Å². The number of hydrogen-bond acceptors (Lipinski definition) is 2. The second-order valence-corrected chi connectivity index (χ2v) is 3.51. The summed E-state index contributed by atoms with van der Waals surface area (Å²) in [6, 6.07) is 0. The highest BCUT2D eigenvalue weighted by Crippen LogP contribution is 1.97. The quantitative estimate of drug-likeness (QED) is 0.445. The van der Waals surface area contributed by atoms with Crippen LogP contribution in [0, 0.1) is 12.3 Å². The Morgan fingerprint density at radius 1 is 1.27 bits per heavy atom. The van der Waals surface area contributed by atoms with Gasteiger partial charge in [-0.3, -0.25) is 4.79 Å². The molecule has 0 aromatic heterocycles. The van der Waals surface area contributed by atoms with Crippen LogP contribution in [0.15, 0.2) is 0 Å². The third kappa shape index (κ3) is 10.9. The molecule has 0 radical (unpaired) electrons. The summed E-state index contributed by atoms with van der Waals surface area (Å²) in [5.74, 6) is 2.70. The number of nitrogens with one attached hydrogen (secondary N) is 2. The van der Waals surface area contributed by atoms with E-state index in [4.69, 9.17) is 6.42 Å². The Morgan fingerprint density at radius 2 is 2.07 bits per heavy atom. The normalized spacial score (nSPS) is 9.60. The van der Waals surface area contributed by atoms with Gasteiger partial charge in [-0.05, 0) is 25.8 Å². The minimum Gasteiger partial charge on any atom is -0.355 e. The van der Waals surface area contributed by atoms with Crippen LogP contribution >= 0.6 is 0 Å². The summed E-state index contributed by atoms with van der Waals surface area (Å²) in [5, 5.41) is 6.09. The lowest BCUT2D eigenvalue weighted by atomic mass is 10.2. The number of rotatable bonds is 9. The van der Waals surface area contributed by atoms with E-state index in [9.17, 15) is 4.79 Å². The number of amides is 1. The molecule has 0 rings (SSSR count). The maximum atomic E-state index is 11.2. The smallest absolute Gasteiger partial charge is 0.220 e. The van der Waals surface area contributed by atoms with Crippen molar-refractivity contribution in [3.8, 4) is 12.3 Å². The lowest BCUT2D eigenvalue weighted by Gasteiger charge is -2.05. The molecule has 0 bridgehead atoms. The predicted octanol–water partition coefficient (Wildman–Crippen LogP) is 1.30. The number of carbonyl (C=O) groups excluding carboxylic acids is 1. The standard InChI is InChI=1S/C12H22N2O/c1-3-5-6-7-8-12(15)14-11-10-13-9-4-2/h1,13H,4-11H2,2H3,(H,14,15). The van der Waals surface area contributed by atoms with Gasteiger partial charge in [0.1, 0.15) is 0 Å². The molecular formula is C12H22N2O. The second kappa shape index (κ2) is 11.1. The van der Waals surface area contributed by atoms with E-state index in [2.05, 4.69) is 23.5 Å². The van der Waals surface area contributed by atoms with Crippen molar-refractivity contribution in [2.24, 2.45) is 0 Å². The Kier molecular flexibility index (Phi) is 10.3. The average Bonchev–Trinajstić information content (AvgIpc) is 2.24. The Hall–Kier alpha value is -1.01. The first kappa shape index (κ1) is 14.0. The molecule has 0 spiro atoms. The fraction of sp³-hybridized carbons (Fsp3) is 0.750. The van der Waals surface area contributed by atoms with Crippen molar-refractivity contribution in [2.75, 3.05) is 19.6 Å². The van der Waals surface area contributed by atoms with Gasteiger partial charge >= 0.3 is 0 Å². The third-order valence-corrected chi connectivity index (χ3v) is 2.03. The largest absolute Gasteiger partial charge is 0.355 e. The first-order valence-corrected chi connectivity index (χ1v) is 5.72. The number of hydrogen-bond donors (Lipinski definition) is 2. The van der Waals surface area contributed by atoms with Crippen LogP contribution in [0.4, 0.5) is 0 Å². The molecule has 3 nitrogen and oxygen atoms in total. The molecular weight excluding hydrogens is 188 g/mol. The van der Waals surface area contributed by atoms with Gasteiger partial charge in [0.25, 0.3) is 0 Å². The molecule has 0 aromatic rings. The van der Waals surface area contributed by atoms with E-state index >= 15 is 0 Å². The molecule has 3 heteroatoms. The molecule has 86 valence electrons. The molecule has 0 aliphatic heterocycles. The molecule has 0 aliphatic carbocycles. The molecule has 0 fully saturated rings. The van der Waals surface area contributed by atoms with Crippen molar-refractivity contribution in [3.05, 3.63) is 0 Å². The van der Waals surface area contributed by atoms with Gasteiger partial charge < -0.3 is 10.6 Å². The van der Waals surface area contributed by atoms with Crippen LogP contribution in [0.1, 0.15) is 39.0 Å². The highest BCUT2D eigenvalue weighted by molar-refractivity contribution is 5.75. The van der Waals surface area contributed by atoms with E-state index in [-0.39, 0.29) is 5.91 Å². The van der Waals surface area contributed by atoms with Gasteiger partial charge in [0, 0.05) is 25.9 Å². The molecule has 2 N–H and O–H groups in total. The van der Waals surface area contributed by atoms with Crippen molar-refractivity contribution in [1.82, 2.24) is 10.6 Å². The SMILES string of the molecule is C#CCCCCC(=O)NCCNCCC. The molecule has 0 saturated heterocycles. The van der Waals surface area contributed by atoms with E-state index in [0.29, 0.717) is 13.0 Å². The molecule has 0 aliphatic rings. The van der Waals surface area contributed by atoms with Crippen molar-refractivity contribution in [3.63, 3.8) is 0 Å². The zero-order chi connectivity index (χ0) is 11.4. The first-order valence-electron chi connectivity index (χ1n) is 5.72. The van der Waals surface area contributed by atoms with E-state index in [1.165, 1.54) is 0 Å². The lowest BCUT2D eigenvalue weighted by Crippen LogP contribution is -2.31. The van der Waals surface area contributed by atoms with Gasteiger partial charge in [0.05, 0.1) is 0 Å². The van der Waals surface area contributed by atoms with Crippen molar-refractivity contribution >= 4 is 5.91 Å². The van der Waals surface area contributed by atoms with Gasteiger partial charge in [-0.2, -0.15) is 0 Å². The summed E-state index contributed by atoms with van der Waals surface area (Å²) in [6.07, 6.45) is 9.43. The van der Waals surface area contributed by atoms with E-state index in [1.807, 2.05) is 0 Å². The highest BCUT2D eigenvalue weighted by atomic mass is 16.1. The molecule has 15 heavy (non-hydrogen) atoms. The van der Waals surface area contributed by atoms with E-state index in [1.54, 1.807) is 0 Å². The fourth-order valence-electron chi connectivity index (χ4n) is 1.19. The average molecular weight is 210 g/mol. The van der Waals surface area contributed by atoms with Crippen LogP contribution in [-0.4, -0.2) is 25.5 Å². The van der Waals surface area contributed by atoms with Crippen molar-refractivity contribution in [2.45, 2.75) is 39.0 Å². The molecule has 1 amide bonds. The lowest BCUT2D eigenvalue weighted by molar-refractivity contribution is -0.121. The van der Waals surface area contributed by atoms with Crippen LogP contribution in [0.5, 0.6) is 0 Å². The highest BCUT2D eigenvalue weighted by Gasteiger charge is 1.98. The molecule has 0 saturated carbocycles. The zero-order valence-corrected chi connectivity index (χ0v) is 9.64. The summed E-state index contributed by atoms with van der Waals surface area (Å²) < 4.78 is 0. The van der Waals surface area contributed by atoms with Crippen molar-refractivity contribution in [1.29, 1.82) is 0 Å². The van der Waals surface area contributed by atoms with Gasteiger partial charge in [-0.1, -0.05) is 6.92 Å². The Balaban J connectivity index is 3.16. The predicted molar refractivity (Wildman–Crippen MR) is 63.5 cm³/mol. The summed E-state index contributed by atoms with van der Waals surface area (Å²) in [7, 11) is 0. The van der Waals surface area contributed by atoms with Gasteiger partial charge in [-0.25, -0.2) is 0 Å². The van der Waals surface area contributed by atoms with Crippen LogP contribution in [0.25, 0.3) is 0 Å². The van der Waals surface area contributed by atoms with Gasteiger partial charge in [0.15, 0.2) is 0 Å². The molecule has 0 aromatic carbocycles. The maximum absolute atomic E-state index is 11.2. The molecule has 0 atom stereocenters. The second-order valence-electron chi connectivity index (χ2n) is 3.51. The minimum absolute atomic E-state index is 0.130. The van der Waals surface area contributed by atoms with Crippen LogP contribution in [-0.2, 0) is 4.79 Å². The zero-order valence-electron chi connectivity index (χ0n) is 9.64. The Bertz CT molecular complexity index is 196. The fourth-order valence-corrected chi connectivity index (χ4v) is 1.19. The summed E-state index contributed by atoms with van der Waals surface area (Å²) in [4.78, 5) is 11.2. The summed E-state index contributed by atoms with van der Waals surface area (Å²) >= 11 is 0. The van der Waals surface area contributed by atoms with Gasteiger partial charge in [0.2, 0.25) is 5.91 Å².